The van der Waals surface area contributed by atoms with Gasteiger partial charge in [0, 0.05) is 36.2 Å². The molecule has 24 heavy (non-hydrogen) atoms. The Labute approximate surface area is 138 Å². The van der Waals surface area contributed by atoms with Crippen LogP contribution in [0.3, 0.4) is 0 Å². The SMILES string of the molecule is N#Cc1cc(C2C3=C(CCC3=O)NC3(O)CCS(=O)(=O)C23)ccn1. The van der Waals surface area contributed by atoms with Crippen LogP contribution >= 0.6 is 0 Å². The van der Waals surface area contributed by atoms with Crippen molar-refractivity contribution >= 4 is 15.6 Å². The molecular formula is C16H15N3O4S. The van der Waals surface area contributed by atoms with Gasteiger partial charge in [0.2, 0.25) is 0 Å². The molecule has 7 nitrogen and oxygen atoms in total. The topological polar surface area (TPSA) is 120 Å². The van der Waals surface area contributed by atoms with Crippen molar-refractivity contribution in [1.29, 1.82) is 5.26 Å². The molecule has 2 aliphatic heterocycles. The van der Waals surface area contributed by atoms with Crippen molar-refractivity contribution in [3.63, 3.8) is 0 Å². The largest absolute Gasteiger partial charge is 0.370 e. The number of carbonyl (C=O) groups is 1. The van der Waals surface area contributed by atoms with Gasteiger partial charge in [-0.25, -0.2) is 13.4 Å². The van der Waals surface area contributed by atoms with Crippen LogP contribution in [0.4, 0.5) is 0 Å². The van der Waals surface area contributed by atoms with E-state index in [1.807, 2.05) is 6.07 Å². The van der Waals surface area contributed by atoms with Crippen molar-refractivity contribution < 1.29 is 18.3 Å². The van der Waals surface area contributed by atoms with Crippen molar-refractivity contribution in [1.82, 2.24) is 10.3 Å². The van der Waals surface area contributed by atoms with Crippen molar-refractivity contribution in [3.8, 4) is 6.07 Å². The van der Waals surface area contributed by atoms with E-state index < -0.39 is 26.7 Å². The lowest BCUT2D eigenvalue weighted by atomic mass is 9.79. The highest BCUT2D eigenvalue weighted by Crippen LogP contribution is 2.49. The Morgan fingerprint density at radius 1 is 1.42 bits per heavy atom. The number of hydrogen-bond donors (Lipinski definition) is 2. The predicted molar refractivity (Wildman–Crippen MR) is 83.2 cm³/mol. The standard InChI is InChI=1S/C16H15N3O4S/c17-8-10-7-9(3-5-18-10)13-14-11(1-2-12(14)20)19-16(21)4-6-24(22,23)15(13)16/h3,5,7,13,15,19,21H,1-2,4,6H2. The van der Waals surface area contributed by atoms with Crippen LogP contribution in [0.5, 0.6) is 0 Å². The first kappa shape index (κ1) is 15.3. The average Bonchev–Trinajstić information content (AvgIpc) is 3.03. The van der Waals surface area contributed by atoms with E-state index in [1.165, 1.54) is 12.3 Å². The minimum absolute atomic E-state index is 0.0810. The average molecular weight is 345 g/mol. The fourth-order valence-corrected chi connectivity index (χ4v) is 6.43. The lowest BCUT2D eigenvalue weighted by Gasteiger charge is -2.41. The van der Waals surface area contributed by atoms with Gasteiger partial charge in [-0.2, -0.15) is 5.26 Å². The van der Waals surface area contributed by atoms with Crippen molar-refractivity contribution in [2.24, 2.45) is 0 Å². The summed E-state index contributed by atoms with van der Waals surface area (Å²) in [7, 11) is -3.59. The summed E-state index contributed by atoms with van der Waals surface area (Å²) in [6.07, 6.45) is 2.27. The van der Waals surface area contributed by atoms with E-state index in [0.29, 0.717) is 29.7 Å². The lowest BCUT2D eigenvalue weighted by molar-refractivity contribution is -0.115. The van der Waals surface area contributed by atoms with Crippen LogP contribution in [0.25, 0.3) is 0 Å². The molecule has 2 N–H and O–H groups in total. The van der Waals surface area contributed by atoms with Crippen LogP contribution in [-0.2, 0) is 14.6 Å². The second-order valence-corrected chi connectivity index (χ2v) is 8.71. The minimum atomic E-state index is -3.59. The first-order valence-electron chi connectivity index (χ1n) is 7.70. The molecule has 0 amide bonds. The van der Waals surface area contributed by atoms with E-state index in [0.717, 1.165) is 0 Å². The third kappa shape index (κ3) is 2.01. The zero-order valence-corrected chi connectivity index (χ0v) is 13.5. The van der Waals surface area contributed by atoms with Gasteiger partial charge < -0.3 is 10.4 Å². The Morgan fingerprint density at radius 3 is 2.96 bits per heavy atom. The Hall–Kier alpha value is -2.24. The number of nitrogens with one attached hydrogen (secondary N) is 1. The monoisotopic (exact) mass is 345 g/mol. The third-order valence-electron chi connectivity index (χ3n) is 5.09. The van der Waals surface area contributed by atoms with Gasteiger partial charge in [0.25, 0.3) is 0 Å². The van der Waals surface area contributed by atoms with E-state index in [-0.39, 0.29) is 23.7 Å². The number of aliphatic hydroxyl groups is 1. The molecule has 0 radical (unpaired) electrons. The van der Waals surface area contributed by atoms with Gasteiger partial charge >= 0.3 is 0 Å². The van der Waals surface area contributed by atoms with Gasteiger partial charge in [-0.05, 0) is 24.1 Å². The Balaban J connectivity index is 1.97. The van der Waals surface area contributed by atoms with Crippen molar-refractivity contribution in [3.05, 3.63) is 40.9 Å². The number of carbonyl (C=O) groups excluding carboxylic acids is 1. The lowest BCUT2D eigenvalue weighted by Crippen LogP contribution is -2.58. The fourth-order valence-electron chi connectivity index (χ4n) is 4.10. The number of nitrogens with zero attached hydrogens (tertiary/aromatic N) is 2. The molecule has 0 bridgehead atoms. The molecule has 3 heterocycles. The molecule has 3 aliphatic rings. The molecule has 1 aromatic rings. The summed E-state index contributed by atoms with van der Waals surface area (Å²) in [6, 6.07) is 5.04. The number of pyridine rings is 1. The molecule has 0 saturated carbocycles. The van der Waals surface area contributed by atoms with Crippen LogP contribution in [0.1, 0.15) is 36.4 Å². The number of ketones is 1. The van der Waals surface area contributed by atoms with Crippen molar-refractivity contribution in [2.45, 2.75) is 36.2 Å². The molecule has 8 heteroatoms. The number of fused-ring (bicyclic) bond motifs is 1. The van der Waals surface area contributed by atoms with Gasteiger partial charge in [0.15, 0.2) is 21.3 Å². The highest BCUT2D eigenvalue weighted by molar-refractivity contribution is 7.92. The highest BCUT2D eigenvalue weighted by atomic mass is 32.2. The number of sulfone groups is 1. The highest BCUT2D eigenvalue weighted by Gasteiger charge is 2.60. The molecule has 1 fully saturated rings. The number of Topliss-reactive ketones (excluding diaryl/α,β-unsaturated/α-hetero) is 1. The Morgan fingerprint density at radius 2 is 2.21 bits per heavy atom. The van der Waals surface area contributed by atoms with E-state index >= 15 is 0 Å². The van der Waals surface area contributed by atoms with Gasteiger partial charge in [0.05, 0.1) is 5.75 Å². The molecule has 124 valence electrons. The van der Waals surface area contributed by atoms with Gasteiger partial charge in [0.1, 0.15) is 17.0 Å². The quantitative estimate of drug-likeness (QED) is 0.742. The third-order valence-corrected chi connectivity index (χ3v) is 7.30. The molecule has 3 atom stereocenters. The number of aromatic nitrogens is 1. The summed E-state index contributed by atoms with van der Waals surface area (Å²) >= 11 is 0. The van der Waals surface area contributed by atoms with Crippen LogP contribution in [0.2, 0.25) is 0 Å². The summed E-state index contributed by atoms with van der Waals surface area (Å²) in [5, 5.41) is 21.8. The maximum absolute atomic E-state index is 12.6. The second kappa shape index (κ2) is 4.88. The van der Waals surface area contributed by atoms with Gasteiger partial charge in [-0.3, -0.25) is 4.79 Å². The summed E-state index contributed by atoms with van der Waals surface area (Å²) in [4.78, 5) is 16.3. The Kier molecular flexibility index (Phi) is 3.11. The maximum Gasteiger partial charge on any atom is 0.161 e. The first-order chi connectivity index (χ1) is 11.4. The maximum atomic E-state index is 12.6. The second-order valence-electron chi connectivity index (χ2n) is 6.47. The zero-order chi connectivity index (χ0) is 17.1. The summed E-state index contributed by atoms with van der Waals surface area (Å²) in [5.74, 6) is -1.02. The normalized spacial score (nSPS) is 33.6. The minimum Gasteiger partial charge on any atom is -0.370 e. The van der Waals surface area contributed by atoms with E-state index in [2.05, 4.69) is 10.3 Å². The van der Waals surface area contributed by atoms with E-state index in [4.69, 9.17) is 5.26 Å². The van der Waals surface area contributed by atoms with Gasteiger partial charge in [-0.15, -0.1) is 0 Å². The molecule has 0 aromatic carbocycles. The summed E-state index contributed by atoms with van der Waals surface area (Å²) in [6.45, 7) is 0. The zero-order valence-electron chi connectivity index (χ0n) is 12.7. The molecule has 4 rings (SSSR count). The predicted octanol–water partition coefficient (Wildman–Crippen LogP) is 0.133. The van der Waals surface area contributed by atoms with Gasteiger partial charge in [-0.1, -0.05) is 0 Å². The summed E-state index contributed by atoms with van der Waals surface area (Å²) < 4.78 is 25.2. The van der Waals surface area contributed by atoms with E-state index in [9.17, 15) is 18.3 Å². The smallest absolute Gasteiger partial charge is 0.161 e. The number of hydrogen-bond acceptors (Lipinski definition) is 7. The first-order valence-corrected chi connectivity index (χ1v) is 9.42. The van der Waals surface area contributed by atoms with Crippen LogP contribution in [-0.4, -0.2) is 41.0 Å². The van der Waals surface area contributed by atoms with Crippen LogP contribution in [0.15, 0.2) is 29.6 Å². The van der Waals surface area contributed by atoms with Crippen LogP contribution in [0, 0.1) is 11.3 Å². The number of allylic oxidation sites excluding steroid dienone is 2. The Bertz CT molecular complexity index is 931. The molecule has 1 aliphatic carbocycles. The summed E-state index contributed by atoms with van der Waals surface area (Å²) in [5.41, 5.74) is 0.141. The molecule has 0 spiro atoms. The van der Waals surface area contributed by atoms with Crippen molar-refractivity contribution in [2.75, 3.05) is 5.75 Å². The molecule has 1 aromatic heterocycles. The van der Waals surface area contributed by atoms with Crippen LogP contribution < -0.4 is 5.32 Å². The number of nitriles is 1. The number of rotatable bonds is 1. The molecule has 3 unspecified atom stereocenters. The molecular weight excluding hydrogens is 330 g/mol. The molecule has 1 saturated heterocycles. The van der Waals surface area contributed by atoms with E-state index in [1.54, 1.807) is 6.07 Å². The fraction of sp³-hybridized carbons (Fsp3) is 0.438.